The van der Waals surface area contributed by atoms with E-state index in [0.29, 0.717) is 6.04 Å². The van der Waals surface area contributed by atoms with E-state index in [1.807, 2.05) is 0 Å². The van der Waals surface area contributed by atoms with Crippen molar-refractivity contribution >= 4 is 0 Å². The topological polar surface area (TPSA) is 41.3 Å². The summed E-state index contributed by atoms with van der Waals surface area (Å²) in [5, 5.41) is 3.55. The summed E-state index contributed by atoms with van der Waals surface area (Å²) in [7, 11) is 0. The van der Waals surface area contributed by atoms with Crippen LogP contribution in [0.2, 0.25) is 0 Å². The lowest BCUT2D eigenvalue weighted by atomic mass is 9.98. The van der Waals surface area contributed by atoms with Crippen LogP contribution in [-0.2, 0) is 0 Å². The molecule has 96 valence electrons. The molecular weight excluding hydrogens is 198 g/mol. The van der Waals surface area contributed by atoms with Crippen LogP contribution in [0.4, 0.5) is 0 Å². The highest BCUT2D eigenvalue weighted by Crippen LogP contribution is 2.08. The highest BCUT2D eigenvalue weighted by molar-refractivity contribution is 4.74. The molecule has 1 fully saturated rings. The van der Waals surface area contributed by atoms with Crippen molar-refractivity contribution in [1.82, 2.24) is 10.2 Å². The average Bonchev–Trinajstić information content (AvgIpc) is 2.26. The van der Waals surface area contributed by atoms with Gasteiger partial charge in [0.05, 0.1) is 0 Å². The fourth-order valence-corrected chi connectivity index (χ4v) is 1.98. The standard InChI is InChI=1S/C13H29N3/c1-11(2)12(3)10-15-6-9-16-7-4-13(14)5-8-16/h11-13,15H,4-10,14H2,1-3H3. The van der Waals surface area contributed by atoms with Crippen LogP contribution in [0, 0.1) is 11.8 Å². The molecule has 0 aromatic carbocycles. The van der Waals surface area contributed by atoms with E-state index < -0.39 is 0 Å². The van der Waals surface area contributed by atoms with Crippen molar-refractivity contribution in [1.29, 1.82) is 0 Å². The molecule has 3 heteroatoms. The molecule has 0 bridgehead atoms. The molecule has 1 heterocycles. The number of nitrogens with two attached hydrogens (primary N) is 1. The van der Waals surface area contributed by atoms with Crippen molar-refractivity contribution in [2.45, 2.75) is 39.7 Å². The minimum atomic E-state index is 0.449. The van der Waals surface area contributed by atoms with Crippen LogP contribution < -0.4 is 11.1 Å². The summed E-state index contributed by atoms with van der Waals surface area (Å²) in [6.07, 6.45) is 2.34. The highest BCUT2D eigenvalue weighted by Gasteiger charge is 2.15. The van der Waals surface area contributed by atoms with Crippen LogP contribution >= 0.6 is 0 Å². The third kappa shape index (κ3) is 5.28. The molecule has 1 saturated heterocycles. The fraction of sp³-hybridized carbons (Fsp3) is 1.00. The van der Waals surface area contributed by atoms with Crippen molar-refractivity contribution in [2.24, 2.45) is 17.6 Å². The van der Waals surface area contributed by atoms with Crippen LogP contribution in [0.3, 0.4) is 0 Å². The third-order valence-corrected chi connectivity index (χ3v) is 3.84. The van der Waals surface area contributed by atoms with E-state index in [1.165, 1.54) is 32.5 Å². The molecule has 3 N–H and O–H groups in total. The number of hydrogen-bond acceptors (Lipinski definition) is 3. The Balaban J connectivity index is 1.99. The number of rotatable bonds is 6. The zero-order valence-electron chi connectivity index (χ0n) is 11.2. The number of hydrogen-bond donors (Lipinski definition) is 2. The average molecular weight is 227 g/mol. The quantitative estimate of drug-likeness (QED) is 0.672. The van der Waals surface area contributed by atoms with Gasteiger partial charge in [-0.3, -0.25) is 0 Å². The molecule has 16 heavy (non-hydrogen) atoms. The first kappa shape index (κ1) is 13.9. The summed E-state index contributed by atoms with van der Waals surface area (Å²) in [4.78, 5) is 2.52. The Kier molecular flexibility index (Phi) is 6.32. The predicted octanol–water partition coefficient (Wildman–Crippen LogP) is 1.29. The zero-order valence-corrected chi connectivity index (χ0v) is 11.2. The first-order chi connectivity index (χ1) is 7.59. The minimum absolute atomic E-state index is 0.449. The molecule has 0 aliphatic carbocycles. The Hall–Kier alpha value is -0.120. The summed E-state index contributed by atoms with van der Waals surface area (Å²) in [6, 6.07) is 0.449. The van der Waals surface area contributed by atoms with E-state index >= 15 is 0 Å². The van der Waals surface area contributed by atoms with Gasteiger partial charge in [0, 0.05) is 19.1 Å². The largest absolute Gasteiger partial charge is 0.328 e. The van der Waals surface area contributed by atoms with E-state index in [0.717, 1.165) is 24.9 Å². The van der Waals surface area contributed by atoms with Gasteiger partial charge in [-0.1, -0.05) is 20.8 Å². The first-order valence-corrected chi connectivity index (χ1v) is 6.78. The van der Waals surface area contributed by atoms with Crippen LogP contribution in [0.1, 0.15) is 33.6 Å². The fourth-order valence-electron chi connectivity index (χ4n) is 1.98. The molecule has 0 radical (unpaired) electrons. The number of nitrogens with one attached hydrogen (secondary N) is 1. The van der Waals surface area contributed by atoms with E-state index in [9.17, 15) is 0 Å². The molecule has 1 aliphatic rings. The maximum absolute atomic E-state index is 5.88. The van der Waals surface area contributed by atoms with Gasteiger partial charge in [-0.05, 0) is 44.3 Å². The summed E-state index contributed by atoms with van der Waals surface area (Å²) >= 11 is 0. The van der Waals surface area contributed by atoms with Gasteiger partial charge in [0.25, 0.3) is 0 Å². The Bertz CT molecular complexity index is 174. The number of nitrogens with zero attached hydrogens (tertiary/aromatic N) is 1. The molecule has 1 rings (SSSR count). The summed E-state index contributed by atoms with van der Waals surface area (Å²) in [6.45, 7) is 12.7. The summed E-state index contributed by atoms with van der Waals surface area (Å²) in [5.41, 5.74) is 5.88. The van der Waals surface area contributed by atoms with Gasteiger partial charge in [0.15, 0.2) is 0 Å². The molecule has 0 saturated carbocycles. The summed E-state index contributed by atoms with van der Waals surface area (Å²) < 4.78 is 0. The monoisotopic (exact) mass is 227 g/mol. The SMILES string of the molecule is CC(C)C(C)CNCCN1CCC(N)CC1. The lowest BCUT2D eigenvalue weighted by Gasteiger charge is -2.30. The lowest BCUT2D eigenvalue weighted by Crippen LogP contribution is -2.42. The Morgan fingerprint density at radius 2 is 1.88 bits per heavy atom. The number of piperidine rings is 1. The van der Waals surface area contributed by atoms with E-state index in [1.54, 1.807) is 0 Å². The van der Waals surface area contributed by atoms with E-state index in [2.05, 4.69) is 31.0 Å². The molecule has 0 spiro atoms. The van der Waals surface area contributed by atoms with Gasteiger partial charge in [-0.15, -0.1) is 0 Å². The smallest absolute Gasteiger partial charge is 0.0107 e. The second-order valence-electron chi connectivity index (χ2n) is 5.60. The van der Waals surface area contributed by atoms with Crippen molar-refractivity contribution < 1.29 is 0 Å². The third-order valence-electron chi connectivity index (χ3n) is 3.84. The molecule has 0 aromatic heterocycles. The zero-order chi connectivity index (χ0) is 12.0. The van der Waals surface area contributed by atoms with Gasteiger partial charge in [-0.25, -0.2) is 0 Å². The molecule has 1 unspecified atom stereocenters. The van der Waals surface area contributed by atoms with Crippen LogP contribution in [0.25, 0.3) is 0 Å². The molecule has 3 nitrogen and oxygen atoms in total. The number of likely N-dealkylation sites (tertiary alicyclic amines) is 1. The van der Waals surface area contributed by atoms with Gasteiger partial charge in [0.2, 0.25) is 0 Å². The predicted molar refractivity (Wildman–Crippen MR) is 70.5 cm³/mol. The second kappa shape index (κ2) is 7.25. The van der Waals surface area contributed by atoms with Gasteiger partial charge in [0.1, 0.15) is 0 Å². The van der Waals surface area contributed by atoms with Crippen molar-refractivity contribution in [3.05, 3.63) is 0 Å². The summed E-state index contributed by atoms with van der Waals surface area (Å²) in [5.74, 6) is 1.55. The maximum atomic E-state index is 5.88. The normalized spacial score (nSPS) is 21.6. The molecule has 1 aliphatic heterocycles. The highest BCUT2D eigenvalue weighted by atomic mass is 15.1. The molecule has 0 aromatic rings. The van der Waals surface area contributed by atoms with Gasteiger partial charge >= 0.3 is 0 Å². The molecule has 0 amide bonds. The molecule has 1 atom stereocenters. The lowest BCUT2D eigenvalue weighted by molar-refractivity contribution is 0.212. The van der Waals surface area contributed by atoms with Crippen LogP contribution in [0.5, 0.6) is 0 Å². The van der Waals surface area contributed by atoms with E-state index in [4.69, 9.17) is 5.73 Å². The Morgan fingerprint density at radius 1 is 1.25 bits per heavy atom. The molecular formula is C13H29N3. The Morgan fingerprint density at radius 3 is 2.44 bits per heavy atom. The van der Waals surface area contributed by atoms with Crippen molar-refractivity contribution in [2.75, 3.05) is 32.7 Å². The van der Waals surface area contributed by atoms with Crippen LogP contribution in [-0.4, -0.2) is 43.7 Å². The van der Waals surface area contributed by atoms with Crippen LogP contribution in [0.15, 0.2) is 0 Å². The Labute approximate surface area is 101 Å². The second-order valence-corrected chi connectivity index (χ2v) is 5.60. The van der Waals surface area contributed by atoms with Crippen molar-refractivity contribution in [3.63, 3.8) is 0 Å². The first-order valence-electron chi connectivity index (χ1n) is 6.78. The maximum Gasteiger partial charge on any atom is 0.0107 e. The minimum Gasteiger partial charge on any atom is -0.328 e. The van der Waals surface area contributed by atoms with Gasteiger partial charge in [-0.2, -0.15) is 0 Å². The van der Waals surface area contributed by atoms with E-state index in [-0.39, 0.29) is 0 Å². The van der Waals surface area contributed by atoms with Gasteiger partial charge < -0.3 is 16.0 Å². The van der Waals surface area contributed by atoms with Crippen molar-refractivity contribution in [3.8, 4) is 0 Å².